The summed E-state index contributed by atoms with van der Waals surface area (Å²) in [5.74, 6) is 0.236. The molecule has 0 aliphatic carbocycles. The third kappa shape index (κ3) is 6.00. The van der Waals surface area contributed by atoms with Crippen molar-refractivity contribution >= 4 is 44.2 Å². The Labute approximate surface area is 251 Å². The van der Waals surface area contributed by atoms with E-state index in [1.165, 1.54) is 7.11 Å². The fourth-order valence-electron chi connectivity index (χ4n) is 5.43. The molecule has 0 saturated carbocycles. The molecule has 0 radical (unpaired) electrons. The van der Waals surface area contributed by atoms with Gasteiger partial charge >= 0.3 is 5.97 Å². The fraction of sp³-hybridized carbons (Fsp3) is 0.344. The lowest BCUT2D eigenvalue weighted by atomic mass is 9.86. The largest absolute Gasteiger partial charge is 0.493 e. The van der Waals surface area contributed by atoms with Crippen molar-refractivity contribution in [1.82, 2.24) is 4.98 Å². The molecular formula is C32H35ClN2O6S. The van der Waals surface area contributed by atoms with Gasteiger partial charge in [0.05, 0.1) is 30.5 Å². The van der Waals surface area contributed by atoms with E-state index in [1.54, 1.807) is 6.92 Å². The van der Waals surface area contributed by atoms with Crippen LogP contribution < -0.4 is 9.46 Å². The standard InChI is InChI=1S/C32H35ClN2O6S/c1-19-26(30(31(36)39-5)41-32(2,3)4)27(22-13-14-25-21(16-22)12-9-15-40-25)23-17-24(20-10-7-6-8-11-20)34-29(23)28(19)35-42(37,38)18-33/h6-8,10-11,13-14,16-17,30,34-35H,9,12,15,18H2,1-5H3. The van der Waals surface area contributed by atoms with Gasteiger partial charge in [0.15, 0.2) is 6.10 Å². The maximum atomic E-state index is 13.4. The summed E-state index contributed by atoms with van der Waals surface area (Å²) in [6.45, 7) is 8.00. The number of anilines is 1. The first-order valence-electron chi connectivity index (χ1n) is 13.7. The maximum Gasteiger partial charge on any atom is 0.339 e. The number of methoxy groups -OCH3 is 1. The molecule has 222 valence electrons. The number of carbonyl (C=O) groups excluding carboxylic acids is 1. The van der Waals surface area contributed by atoms with E-state index in [9.17, 15) is 13.2 Å². The molecule has 1 atom stereocenters. The van der Waals surface area contributed by atoms with E-state index >= 15 is 0 Å². The van der Waals surface area contributed by atoms with E-state index in [0.717, 1.165) is 46.5 Å². The van der Waals surface area contributed by atoms with Gasteiger partial charge < -0.3 is 19.2 Å². The first kappa shape index (κ1) is 29.9. The van der Waals surface area contributed by atoms with Gasteiger partial charge in [-0.05, 0) is 86.6 Å². The first-order valence-corrected chi connectivity index (χ1v) is 15.9. The van der Waals surface area contributed by atoms with Gasteiger partial charge in [0.25, 0.3) is 0 Å². The molecule has 8 nitrogen and oxygen atoms in total. The molecule has 1 unspecified atom stereocenters. The predicted octanol–water partition coefficient (Wildman–Crippen LogP) is 7.10. The number of esters is 1. The molecule has 1 aromatic heterocycles. The number of nitrogens with one attached hydrogen (secondary N) is 2. The second kappa shape index (κ2) is 11.6. The van der Waals surface area contributed by atoms with Crippen molar-refractivity contribution < 1.29 is 27.4 Å². The van der Waals surface area contributed by atoms with Crippen LogP contribution in [0.25, 0.3) is 33.3 Å². The maximum absolute atomic E-state index is 13.4. The molecule has 3 aromatic carbocycles. The molecule has 5 rings (SSSR count). The number of benzene rings is 3. The van der Waals surface area contributed by atoms with Crippen LogP contribution in [0.3, 0.4) is 0 Å². The van der Waals surface area contributed by atoms with Gasteiger partial charge in [-0.2, -0.15) is 0 Å². The number of halogens is 1. The summed E-state index contributed by atoms with van der Waals surface area (Å²) in [6.07, 6.45) is 0.600. The van der Waals surface area contributed by atoms with Crippen LogP contribution in [0.1, 0.15) is 50.0 Å². The highest BCUT2D eigenvalue weighted by Gasteiger charge is 2.35. The van der Waals surface area contributed by atoms with E-state index in [1.807, 2.05) is 69.3 Å². The van der Waals surface area contributed by atoms with Gasteiger partial charge in [0.1, 0.15) is 11.0 Å². The van der Waals surface area contributed by atoms with Gasteiger partial charge in [-0.25, -0.2) is 13.2 Å². The minimum absolute atomic E-state index is 0.291. The Morgan fingerprint density at radius 3 is 2.52 bits per heavy atom. The highest BCUT2D eigenvalue weighted by atomic mass is 35.5. The molecule has 0 bridgehead atoms. The highest BCUT2D eigenvalue weighted by molar-refractivity contribution is 7.93. The van der Waals surface area contributed by atoms with E-state index < -0.39 is 32.9 Å². The zero-order valence-corrected chi connectivity index (χ0v) is 25.9. The van der Waals surface area contributed by atoms with Crippen molar-refractivity contribution in [2.45, 2.75) is 52.2 Å². The molecule has 10 heteroatoms. The Morgan fingerprint density at radius 2 is 1.86 bits per heavy atom. The number of aryl methyl sites for hydroxylation is 1. The van der Waals surface area contributed by atoms with Crippen molar-refractivity contribution in [3.8, 4) is 28.1 Å². The quantitative estimate of drug-likeness (QED) is 0.163. The van der Waals surface area contributed by atoms with Gasteiger partial charge in [-0.3, -0.25) is 4.72 Å². The van der Waals surface area contributed by atoms with Crippen LogP contribution in [-0.2, 0) is 30.7 Å². The van der Waals surface area contributed by atoms with E-state index in [2.05, 4.69) is 15.8 Å². The number of hydrogen-bond acceptors (Lipinski definition) is 6. The minimum Gasteiger partial charge on any atom is -0.493 e. The Hall–Kier alpha value is -3.53. The first-order chi connectivity index (χ1) is 19.9. The Morgan fingerprint density at radius 1 is 1.12 bits per heavy atom. The fourth-order valence-corrected chi connectivity index (χ4v) is 6.21. The summed E-state index contributed by atoms with van der Waals surface area (Å²) < 4.78 is 45.9. The van der Waals surface area contributed by atoms with Crippen LogP contribution in [0, 0.1) is 6.92 Å². The van der Waals surface area contributed by atoms with E-state index in [4.69, 9.17) is 25.8 Å². The number of aromatic amines is 1. The molecule has 4 aromatic rings. The number of H-pyrrole nitrogens is 1. The zero-order chi connectivity index (χ0) is 30.2. The summed E-state index contributed by atoms with van der Waals surface area (Å²) in [4.78, 5) is 16.9. The van der Waals surface area contributed by atoms with Crippen molar-refractivity contribution in [1.29, 1.82) is 0 Å². The molecule has 0 spiro atoms. The van der Waals surface area contributed by atoms with Crippen molar-refractivity contribution in [2.24, 2.45) is 0 Å². The molecule has 0 saturated heterocycles. The third-order valence-electron chi connectivity index (χ3n) is 7.22. The number of fused-ring (bicyclic) bond motifs is 2. The van der Waals surface area contributed by atoms with Crippen molar-refractivity contribution in [2.75, 3.05) is 23.7 Å². The Bertz CT molecular complexity index is 1740. The lowest BCUT2D eigenvalue weighted by Gasteiger charge is -2.30. The Balaban J connectivity index is 1.92. The van der Waals surface area contributed by atoms with Crippen molar-refractivity contribution in [3.63, 3.8) is 0 Å². The number of rotatable bonds is 8. The van der Waals surface area contributed by atoms with Crippen LogP contribution in [-0.4, -0.2) is 43.9 Å². The van der Waals surface area contributed by atoms with Crippen molar-refractivity contribution in [3.05, 3.63) is 71.3 Å². The molecule has 42 heavy (non-hydrogen) atoms. The molecule has 1 aliphatic heterocycles. The molecule has 0 fully saturated rings. The molecule has 1 aliphatic rings. The smallest absolute Gasteiger partial charge is 0.339 e. The summed E-state index contributed by atoms with van der Waals surface area (Å²) in [5.41, 5.74) is 5.49. The van der Waals surface area contributed by atoms with Gasteiger partial charge in [0, 0.05) is 16.6 Å². The second-order valence-electron chi connectivity index (χ2n) is 11.4. The van der Waals surface area contributed by atoms with Crippen LogP contribution in [0.4, 0.5) is 5.69 Å². The minimum atomic E-state index is -3.91. The van der Waals surface area contributed by atoms with E-state index in [0.29, 0.717) is 34.3 Å². The number of hydrogen-bond donors (Lipinski definition) is 2. The summed E-state index contributed by atoms with van der Waals surface area (Å²) in [6, 6.07) is 17.7. The highest BCUT2D eigenvalue weighted by Crippen LogP contribution is 2.47. The molecule has 2 heterocycles. The lowest BCUT2D eigenvalue weighted by molar-refractivity contribution is -0.164. The van der Waals surface area contributed by atoms with Gasteiger partial charge in [-0.15, -0.1) is 11.6 Å². The van der Waals surface area contributed by atoms with Crippen LogP contribution in [0.15, 0.2) is 54.6 Å². The average Bonchev–Trinajstić information content (AvgIpc) is 3.42. The number of alkyl halides is 1. The third-order valence-corrected chi connectivity index (χ3v) is 8.88. The SMILES string of the molecule is COC(=O)C(OC(C)(C)C)c1c(C)c(NS(=O)(=O)CCl)c2[nH]c(-c3ccccc3)cc2c1-c1ccc2c(c1)CCCO2. The molecule has 0 amide bonds. The van der Waals surface area contributed by atoms with E-state index in [-0.39, 0.29) is 0 Å². The summed E-state index contributed by atoms with van der Waals surface area (Å²) in [7, 11) is -2.60. The predicted molar refractivity (Wildman–Crippen MR) is 167 cm³/mol. The number of ether oxygens (including phenoxy) is 3. The molecule has 2 N–H and O–H groups in total. The van der Waals surface area contributed by atoms with Crippen LogP contribution in [0.5, 0.6) is 5.75 Å². The van der Waals surface area contributed by atoms with Gasteiger partial charge in [0.2, 0.25) is 10.0 Å². The summed E-state index contributed by atoms with van der Waals surface area (Å²) >= 11 is 5.83. The average molecular weight is 611 g/mol. The Kier molecular flexibility index (Phi) is 8.29. The normalized spacial score (nSPS) is 14.2. The zero-order valence-electron chi connectivity index (χ0n) is 24.3. The number of aromatic nitrogens is 1. The van der Waals surface area contributed by atoms with Crippen LogP contribution in [0.2, 0.25) is 0 Å². The monoisotopic (exact) mass is 610 g/mol. The summed E-state index contributed by atoms with van der Waals surface area (Å²) in [5, 5.41) is 0.0749. The lowest BCUT2D eigenvalue weighted by Crippen LogP contribution is -2.29. The number of sulfonamides is 1. The van der Waals surface area contributed by atoms with Crippen LogP contribution >= 0.6 is 11.6 Å². The topological polar surface area (TPSA) is 107 Å². The number of carbonyl (C=O) groups is 1. The molecular weight excluding hydrogens is 576 g/mol. The second-order valence-corrected chi connectivity index (χ2v) is 13.7. The van der Waals surface area contributed by atoms with Gasteiger partial charge in [-0.1, -0.05) is 36.4 Å².